The number of aryl methyl sites for hydroxylation is 1. The molecule has 0 saturated heterocycles. The van der Waals surface area contributed by atoms with Crippen LogP contribution in [-0.4, -0.2) is 35.2 Å². The molecule has 6 nitrogen and oxygen atoms in total. The Hall–Kier alpha value is -2.37. The second-order valence-electron chi connectivity index (χ2n) is 4.50. The van der Waals surface area contributed by atoms with Gasteiger partial charge in [0.15, 0.2) is 0 Å². The van der Waals surface area contributed by atoms with Crippen molar-refractivity contribution in [3.63, 3.8) is 0 Å². The Labute approximate surface area is 111 Å². The molecule has 100 valence electrons. The largest absolute Gasteiger partial charge is 0.363 e. The molecule has 0 atom stereocenters. The number of hydrogen-bond acceptors (Lipinski definition) is 4. The highest BCUT2D eigenvalue weighted by atomic mass is 16.1. The maximum absolute atomic E-state index is 11.9. The predicted molar refractivity (Wildman–Crippen MR) is 73.1 cm³/mol. The van der Waals surface area contributed by atoms with Crippen molar-refractivity contribution >= 4 is 11.7 Å². The summed E-state index contributed by atoms with van der Waals surface area (Å²) >= 11 is 0. The van der Waals surface area contributed by atoms with Crippen LogP contribution in [0.3, 0.4) is 0 Å². The fraction of sp³-hybridized carbons (Fsp3) is 0.308. The van der Waals surface area contributed by atoms with E-state index < -0.39 is 0 Å². The molecule has 2 rings (SSSR count). The monoisotopic (exact) mass is 259 g/mol. The van der Waals surface area contributed by atoms with Gasteiger partial charge in [0, 0.05) is 38.1 Å². The molecule has 2 aromatic heterocycles. The molecule has 2 aromatic rings. The van der Waals surface area contributed by atoms with Gasteiger partial charge >= 0.3 is 0 Å². The Morgan fingerprint density at radius 3 is 2.68 bits per heavy atom. The van der Waals surface area contributed by atoms with Gasteiger partial charge in [0.25, 0.3) is 5.91 Å². The van der Waals surface area contributed by atoms with Gasteiger partial charge in [0.1, 0.15) is 5.82 Å². The number of aromatic amines is 1. The second kappa shape index (κ2) is 5.51. The van der Waals surface area contributed by atoms with Gasteiger partial charge in [0.2, 0.25) is 0 Å². The van der Waals surface area contributed by atoms with E-state index in [1.807, 2.05) is 32.0 Å². The van der Waals surface area contributed by atoms with Crippen LogP contribution in [0.25, 0.3) is 0 Å². The number of pyridine rings is 1. The van der Waals surface area contributed by atoms with E-state index in [1.165, 1.54) is 0 Å². The summed E-state index contributed by atoms with van der Waals surface area (Å²) in [6.07, 6.45) is 3.29. The average Bonchev–Trinajstić information content (AvgIpc) is 2.81. The lowest BCUT2D eigenvalue weighted by Crippen LogP contribution is -2.23. The minimum absolute atomic E-state index is 0.140. The summed E-state index contributed by atoms with van der Waals surface area (Å²) in [4.78, 5) is 18.0. The first-order chi connectivity index (χ1) is 9.08. The van der Waals surface area contributed by atoms with Crippen molar-refractivity contribution in [2.24, 2.45) is 0 Å². The van der Waals surface area contributed by atoms with E-state index in [1.54, 1.807) is 18.5 Å². The summed E-state index contributed by atoms with van der Waals surface area (Å²) in [5.74, 6) is 0.681. The van der Waals surface area contributed by atoms with Crippen LogP contribution >= 0.6 is 0 Å². The van der Waals surface area contributed by atoms with Crippen LogP contribution in [0.4, 0.5) is 5.82 Å². The zero-order valence-corrected chi connectivity index (χ0v) is 11.3. The molecule has 0 aliphatic carbocycles. The van der Waals surface area contributed by atoms with Gasteiger partial charge in [-0.25, -0.2) is 4.98 Å². The maximum Gasteiger partial charge on any atom is 0.253 e. The molecule has 0 aromatic carbocycles. The fourth-order valence-electron chi connectivity index (χ4n) is 1.62. The van der Waals surface area contributed by atoms with Gasteiger partial charge < -0.3 is 10.2 Å². The Balaban J connectivity index is 1.98. The van der Waals surface area contributed by atoms with Crippen LogP contribution in [0, 0.1) is 6.92 Å². The quantitative estimate of drug-likeness (QED) is 0.862. The number of H-pyrrole nitrogens is 1. The van der Waals surface area contributed by atoms with Gasteiger partial charge in [-0.1, -0.05) is 0 Å². The molecule has 0 saturated carbocycles. The molecule has 0 spiro atoms. The van der Waals surface area contributed by atoms with Crippen LogP contribution in [0.5, 0.6) is 0 Å². The van der Waals surface area contributed by atoms with E-state index in [-0.39, 0.29) is 5.91 Å². The van der Waals surface area contributed by atoms with Crippen molar-refractivity contribution in [2.45, 2.75) is 13.5 Å². The van der Waals surface area contributed by atoms with E-state index >= 15 is 0 Å². The van der Waals surface area contributed by atoms with Crippen LogP contribution in [0.1, 0.15) is 21.6 Å². The minimum Gasteiger partial charge on any atom is -0.363 e. The first kappa shape index (κ1) is 13.1. The van der Waals surface area contributed by atoms with Crippen LogP contribution in [0.2, 0.25) is 0 Å². The first-order valence-electron chi connectivity index (χ1n) is 5.98. The zero-order chi connectivity index (χ0) is 13.8. The lowest BCUT2D eigenvalue weighted by atomic mass is 10.2. The standard InChI is InChI=1S/C13H17N5O/c1-9-11(8-16-17-9)7-15-13(19)10-4-5-12(14-6-10)18(2)3/h4-6,8H,7H2,1-3H3,(H,15,19)(H,16,17). The van der Waals surface area contributed by atoms with Gasteiger partial charge in [-0.05, 0) is 19.1 Å². The summed E-state index contributed by atoms with van der Waals surface area (Å²) in [6.45, 7) is 2.37. The topological polar surface area (TPSA) is 73.9 Å². The normalized spacial score (nSPS) is 10.3. The summed E-state index contributed by atoms with van der Waals surface area (Å²) in [5, 5.41) is 9.58. The van der Waals surface area contributed by atoms with Crippen LogP contribution < -0.4 is 10.2 Å². The number of amides is 1. The number of nitrogens with one attached hydrogen (secondary N) is 2. The smallest absolute Gasteiger partial charge is 0.253 e. The van der Waals surface area contributed by atoms with Gasteiger partial charge in [0.05, 0.1) is 11.8 Å². The van der Waals surface area contributed by atoms with Gasteiger partial charge in [-0.2, -0.15) is 5.10 Å². The number of hydrogen-bond donors (Lipinski definition) is 2. The van der Waals surface area contributed by atoms with Gasteiger partial charge in [-0.15, -0.1) is 0 Å². The number of nitrogens with zero attached hydrogens (tertiary/aromatic N) is 3. The Kier molecular flexibility index (Phi) is 3.79. The number of carbonyl (C=O) groups is 1. The van der Waals surface area contributed by atoms with E-state index in [9.17, 15) is 4.79 Å². The highest BCUT2D eigenvalue weighted by Gasteiger charge is 2.08. The molecule has 0 bridgehead atoms. The molecule has 0 radical (unpaired) electrons. The molecular weight excluding hydrogens is 242 g/mol. The Morgan fingerprint density at radius 1 is 1.37 bits per heavy atom. The van der Waals surface area contributed by atoms with E-state index in [4.69, 9.17) is 0 Å². The average molecular weight is 259 g/mol. The van der Waals surface area contributed by atoms with Crippen molar-refractivity contribution in [3.8, 4) is 0 Å². The first-order valence-corrected chi connectivity index (χ1v) is 5.98. The minimum atomic E-state index is -0.140. The number of aromatic nitrogens is 3. The SMILES string of the molecule is Cc1[nH]ncc1CNC(=O)c1ccc(N(C)C)nc1. The predicted octanol–water partition coefficient (Wildman–Crippen LogP) is 1.11. The third-order valence-electron chi connectivity index (χ3n) is 2.84. The molecule has 6 heteroatoms. The molecule has 0 aliphatic rings. The Bertz CT molecular complexity index is 559. The summed E-state index contributed by atoms with van der Waals surface area (Å²) in [5.41, 5.74) is 2.49. The third kappa shape index (κ3) is 3.09. The highest BCUT2D eigenvalue weighted by molar-refractivity contribution is 5.94. The summed E-state index contributed by atoms with van der Waals surface area (Å²) in [6, 6.07) is 3.58. The molecule has 1 amide bonds. The van der Waals surface area contributed by atoms with Crippen LogP contribution in [-0.2, 0) is 6.54 Å². The van der Waals surface area contributed by atoms with Crippen LogP contribution in [0.15, 0.2) is 24.5 Å². The number of rotatable bonds is 4. The molecule has 2 heterocycles. The van der Waals surface area contributed by atoms with Crippen molar-refractivity contribution in [3.05, 3.63) is 41.3 Å². The molecule has 0 aliphatic heterocycles. The van der Waals surface area contributed by atoms with Crippen molar-refractivity contribution in [2.75, 3.05) is 19.0 Å². The van der Waals surface area contributed by atoms with Crippen molar-refractivity contribution in [1.82, 2.24) is 20.5 Å². The van der Waals surface area contributed by atoms with Crippen molar-refractivity contribution < 1.29 is 4.79 Å². The fourth-order valence-corrected chi connectivity index (χ4v) is 1.62. The molecule has 0 fully saturated rings. The molecule has 19 heavy (non-hydrogen) atoms. The zero-order valence-electron chi connectivity index (χ0n) is 11.3. The maximum atomic E-state index is 11.9. The second-order valence-corrected chi connectivity index (χ2v) is 4.50. The summed E-state index contributed by atoms with van der Waals surface area (Å²) in [7, 11) is 3.81. The highest BCUT2D eigenvalue weighted by Crippen LogP contribution is 2.08. The van der Waals surface area contributed by atoms with Gasteiger partial charge in [-0.3, -0.25) is 9.89 Å². The molecule has 2 N–H and O–H groups in total. The summed E-state index contributed by atoms with van der Waals surface area (Å²) < 4.78 is 0. The number of anilines is 1. The molecule has 0 unspecified atom stereocenters. The molecular formula is C13H17N5O. The Morgan fingerprint density at radius 2 is 2.16 bits per heavy atom. The number of carbonyl (C=O) groups excluding carboxylic acids is 1. The van der Waals surface area contributed by atoms with E-state index in [2.05, 4.69) is 20.5 Å². The van der Waals surface area contributed by atoms with Crippen molar-refractivity contribution in [1.29, 1.82) is 0 Å². The van der Waals surface area contributed by atoms with E-state index in [0.29, 0.717) is 12.1 Å². The van der Waals surface area contributed by atoms with E-state index in [0.717, 1.165) is 17.1 Å². The lowest BCUT2D eigenvalue weighted by molar-refractivity contribution is 0.0950. The lowest BCUT2D eigenvalue weighted by Gasteiger charge is -2.11. The third-order valence-corrected chi connectivity index (χ3v) is 2.84.